The molecule has 1 aromatic rings. The molecule has 0 bridgehead atoms. The summed E-state index contributed by atoms with van der Waals surface area (Å²) in [5.41, 5.74) is 6.14. The van der Waals surface area contributed by atoms with Crippen molar-refractivity contribution in [3.63, 3.8) is 0 Å². The van der Waals surface area contributed by atoms with Crippen LogP contribution in [0.4, 0.5) is 0 Å². The first kappa shape index (κ1) is 19.1. The van der Waals surface area contributed by atoms with Gasteiger partial charge >= 0.3 is 0 Å². The van der Waals surface area contributed by atoms with Crippen molar-refractivity contribution >= 4 is 36.6 Å². The second-order valence-corrected chi connectivity index (χ2v) is 10.2. The van der Waals surface area contributed by atoms with Crippen molar-refractivity contribution in [1.29, 1.82) is 0 Å². The topological polar surface area (TPSA) is 111 Å². The number of hydrogen-bond acceptors (Lipinski definition) is 7. The number of rotatable bonds is 8. The van der Waals surface area contributed by atoms with E-state index in [9.17, 15) is 21.6 Å². The molecule has 6 nitrogen and oxygen atoms in total. The van der Waals surface area contributed by atoms with Gasteiger partial charge in [0, 0.05) is 12.3 Å². The Morgan fingerprint density at radius 2 is 1.68 bits per heavy atom. The maximum Gasteiger partial charge on any atom is 0.204 e. The predicted molar refractivity (Wildman–Crippen MR) is 88.4 cm³/mol. The van der Waals surface area contributed by atoms with Gasteiger partial charge in [-0.2, -0.15) is 0 Å². The summed E-state index contributed by atoms with van der Waals surface area (Å²) in [6.45, 7) is 2.10. The Kier molecular flexibility index (Phi) is 7.04. The van der Waals surface area contributed by atoms with Gasteiger partial charge in [0.25, 0.3) is 0 Å². The minimum absolute atomic E-state index is 0.0807. The molecule has 9 heteroatoms. The maximum absolute atomic E-state index is 12.1. The molecule has 0 spiro atoms. The molecule has 0 amide bonds. The van der Waals surface area contributed by atoms with E-state index in [1.165, 1.54) is 12.1 Å². The highest BCUT2D eigenvalue weighted by Gasteiger charge is 2.22. The maximum atomic E-state index is 12.1. The van der Waals surface area contributed by atoms with Crippen molar-refractivity contribution in [2.75, 3.05) is 29.6 Å². The molecule has 1 aromatic carbocycles. The molecule has 1 rings (SSSR count). The summed E-state index contributed by atoms with van der Waals surface area (Å²) in [4.78, 5) is 11.5. The molecule has 124 valence electrons. The highest BCUT2D eigenvalue weighted by atomic mass is 32.2. The average Bonchev–Trinajstić information content (AvgIpc) is 2.43. The highest BCUT2D eigenvalue weighted by molar-refractivity contribution is 8.15. The van der Waals surface area contributed by atoms with Gasteiger partial charge in [-0.25, -0.2) is 16.8 Å². The Morgan fingerprint density at radius 3 is 2.23 bits per heavy atom. The molecular weight excluding hydrogens is 346 g/mol. The van der Waals surface area contributed by atoms with Gasteiger partial charge in [-0.15, -0.1) is 0 Å². The molecule has 0 saturated heterocycles. The predicted octanol–water partition coefficient (Wildman–Crippen LogP) is 0.402. The van der Waals surface area contributed by atoms with Crippen molar-refractivity contribution in [2.45, 2.75) is 11.8 Å². The van der Waals surface area contributed by atoms with Gasteiger partial charge in [0.05, 0.1) is 16.4 Å². The molecule has 2 N–H and O–H groups in total. The van der Waals surface area contributed by atoms with E-state index in [-0.39, 0.29) is 11.4 Å². The standard InChI is InChI=1S/C13H19NO5S3/c1-11-2-4-12(5-3-11)22(18,19)9-8-21(16,17)10-13(15)20-7-6-14/h2-5H,6-10,14H2,1H3. The van der Waals surface area contributed by atoms with E-state index in [2.05, 4.69) is 0 Å². The molecule has 22 heavy (non-hydrogen) atoms. The van der Waals surface area contributed by atoms with Gasteiger partial charge in [-0.3, -0.25) is 4.79 Å². The van der Waals surface area contributed by atoms with Crippen LogP contribution >= 0.6 is 11.8 Å². The molecule has 0 atom stereocenters. The van der Waals surface area contributed by atoms with Gasteiger partial charge in [0.2, 0.25) is 5.12 Å². The normalized spacial score (nSPS) is 12.3. The fraction of sp³-hybridized carbons (Fsp3) is 0.462. The first-order valence-electron chi connectivity index (χ1n) is 6.52. The molecule has 0 aromatic heterocycles. The third-order valence-corrected chi connectivity index (χ3v) is 7.37. The summed E-state index contributed by atoms with van der Waals surface area (Å²) in [5, 5.41) is -0.516. The first-order chi connectivity index (χ1) is 10.2. The average molecular weight is 365 g/mol. The van der Waals surface area contributed by atoms with E-state index < -0.39 is 42.0 Å². The summed E-state index contributed by atoms with van der Waals surface area (Å²) in [6.07, 6.45) is 0. The Labute approximate surface area is 135 Å². The Bertz CT molecular complexity index is 709. The van der Waals surface area contributed by atoms with E-state index in [0.717, 1.165) is 17.3 Å². The van der Waals surface area contributed by atoms with Crippen molar-refractivity contribution in [2.24, 2.45) is 5.73 Å². The zero-order chi connectivity index (χ0) is 16.8. The number of nitrogens with two attached hydrogens (primary N) is 1. The number of carbonyl (C=O) groups is 1. The first-order valence-corrected chi connectivity index (χ1v) is 11.0. The third-order valence-electron chi connectivity index (χ3n) is 2.76. The summed E-state index contributed by atoms with van der Waals surface area (Å²) >= 11 is 0.842. The molecule has 0 fully saturated rings. The van der Waals surface area contributed by atoms with Crippen LogP contribution in [0.5, 0.6) is 0 Å². The largest absolute Gasteiger partial charge is 0.330 e. The van der Waals surface area contributed by atoms with Crippen molar-refractivity contribution in [1.82, 2.24) is 0 Å². The fourth-order valence-corrected chi connectivity index (χ4v) is 5.97. The smallest absolute Gasteiger partial charge is 0.204 e. The Morgan fingerprint density at radius 1 is 1.09 bits per heavy atom. The SMILES string of the molecule is Cc1ccc(S(=O)(=O)CCS(=O)(=O)CC(=O)SCCN)cc1. The third kappa shape index (κ3) is 6.47. The van der Waals surface area contributed by atoms with Crippen LogP contribution in [-0.4, -0.2) is 51.5 Å². The molecule has 0 heterocycles. The Balaban J connectivity index is 2.67. The summed E-state index contributed by atoms with van der Waals surface area (Å²) < 4.78 is 47.8. The van der Waals surface area contributed by atoms with E-state index in [4.69, 9.17) is 5.73 Å². The van der Waals surface area contributed by atoms with Gasteiger partial charge in [0.1, 0.15) is 5.75 Å². The Hall–Kier alpha value is -0.900. The van der Waals surface area contributed by atoms with E-state index >= 15 is 0 Å². The molecular formula is C13H19NO5S3. The molecule has 0 aliphatic rings. The molecule has 0 aliphatic heterocycles. The second-order valence-electron chi connectivity index (χ2n) is 4.73. The van der Waals surface area contributed by atoms with Crippen LogP contribution in [0.3, 0.4) is 0 Å². The van der Waals surface area contributed by atoms with Crippen LogP contribution in [0.1, 0.15) is 5.56 Å². The van der Waals surface area contributed by atoms with Gasteiger partial charge in [0.15, 0.2) is 19.7 Å². The molecule has 0 unspecified atom stereocenters. The van der Waals surface area contributed by atoms with Crippen molar-refractivity contribution in [3.05, 3.63) is 29.8 Å². The van der Waals surface area contributed by atoms with Crippen LogP contribution in [-0.2, 0) is 24.5 Å². The van der Waals surface area contributed by atoms with Crippen molar-refractivity contribution < 1.29 is 21.6 Å². The lowest BCUT2D eigenvalue weighted by Gasteiger charge is -2.06. The van der Waals surface area contributed by atoms with Crippen LogP contribution in [0.15, 0.2) is 29.2 Å². The lowest BCUT2D eigenvalue weighted by molar-refractivity contribution is -0.108. The number of benzene rings is 1. The minimum Gasteiger partial charge on any atom is -0.330 e. The van der Waals surface area contributed by atoms with E-state index in [1.807, 2.05) is 6.92 Å². The molecule has 0 radical (unpaired) electrons. The number of hydrogen-bond donors (Lipinski definition) is 1. The summed E-state index contributed by atoms with van der Waals surface area (Å²) in [5.74, 6) is -1.43. The molecule has 0 saturated carbocycles. The van der Waals surface area contributed by atoms with Gasteiger partial charge in [-0.05, 0) is 19.1 Å². The number of carbonyl (C=O) groups excluding carboxylic acids is 1. The van der Waals surface area contributed by atoms with E-state index in [0.29, 0.717) is 5.75 Å². The second kappa shape index (κ2) is 8.09. The summed E-state index contributed by atoms with van der Waals surface area (Å²) in [7, 11) is -7.43. The number of sulfone groups is 2. The lowest BCUT2D eigenvalue weighted by Crippen LogP contribution is -2.23. The zero-order valence-electron chi connectivity index (χ0n) is 12.2. The van der Waals surface area contributed by atoms with Gasteiger partial charge in [-0.1, -0.05) is 29.5 Å². The summed E-state index contributed by atoms with van der Waals surface area (Å²) in [6, 6.07) is 6.18. The van der Waals surface area contributed by atoms with Gasteiger partial charge < -0.3 is 5.73 Å². The number of aryl methyl sites for hydroxylation is 1. The fourth-order valence-electron chi connectivity index (χ4n) is 1.57. The zero-order valence-corrected chi connectivity index (χ0v) is 14.6. The van der Waals surface area contributed by atoms with Crippen LogP contribution in [0.2, 0.25) is 0 Å². The van der Waals surface area contributed by atoms with Crippen LogP contribution < -0.4 is 5.73 Å². The number of thioether (sulfide) groups is 1. The monoisotopic (exact) mass is 365 g/mol. The quantitative estimate of drug-likeness (QED) is 0.710. The highest BCUT2D eigenvalue weighted by Crippen LogP contribution is 2.13. The minimum atomic E-state index is -3.75. The van der Waals surface area contributed by atoms with Crippen molar-refractivity contribution in [3.8, 4) is 0 Å². The van der Waals surface area contributed by atoms with Crippen LogP contribution in [0, 0.1) is 6.92 Å². The van der Waals surface area contributed by atoms with E-state index in [1.54, 1.807) is 12.1 Å². The van der Waals surface area contributed by atoms with Crippen LogP contribution in [0.25, 0.3) is 0 Å². The molecule has 0 aliphatic carbocycles. The lowest BCUT2D eigenvalue weighted by atomic mass is 10.2.